The van der Waals surface area contributed by atoms with Crippen molar-refractivity contribution in [2.75, 3.05) is 13.2 Å². The molecule has 0 heterocycles. The highest BCUT2D eigenvalue weighted by molar-refractivity contribution is 5.85. The first-order chi connectivity index (χ1) is 5.86. The van der Waals surface area contributed by atoms with Crippen LogP contribution in [0.4, 0.5) is 0 Å². The van der Waals surface area contributed by atoms with Crippen LogP contribution < -0.4 is 10.5 Å². The number of aliphatic hydroxyl groups excluding tert-OH is 1. The molecule has 0 radical (unpaired) electrons. The van der Waals surface area contributed by atoms with E-state index in [9.17, 15) is 0 Å². The normalized spacial score (nSPS) is 11.5. The number of halogens is 1. The Morgan fingerprint density at radius 1 is 1.31 bits per heavy atom. The van der Waals surface area contributed by atoms with Gasteiger partial charge in [0, 0.05) is 6.54 Å². The second-order valence-corrected chi connectivity index (χ2v) is 2.47. The fraction of sp³-hybridized carbons (Fsp3) is 0.333. The van der Waals surface area contributed by atoms with Crippen LogP contribution in [-0.4, -0.2) is 24.4 Å². The fourth-order valence-electron chi connectivity index (χ4n) is 0.851. The average molecular weight is 204 g/mol. The average Bonchev–Trinajstić information content (AvgIpc) is 2.16. The summed E-state index contributed by atoms with van der Waals surface area (Å²) in [6.07, 6.45) is -0.299. The minimum absolute atomic E-state index is 0. The fourth-order valence-corrected chi connectivity index (χ4v) is 0.851. The molecule has 1 aromatic rings. The molecule has 0 aromatic heterocycles. The molecule has 0 saturated carbocycles. The minimum Gasteiger partial charge on any atom is -0.487 e. The standard InChI is InChI=1S/C9H13NO2.ClH/c10-6-9(7-11)12-8-4-2-1-3-5-8;/h1-5,9,11H,6-7,10H2;1H. The number of hydrogen-bond acceptors (Lipinski definition) is 3. The third-order valence-electron chi connectivity index (χ3n) is 1.51. The highest BCUT2D eigenvalue weighted by Gasteiger charge is 2.04. The minimum atomic E-state index is -0.299. The molecular weight excluding hydrogens is 190 g/mol. The quantitative estimate of drug-likeness (QED) is 0.762. The van der Waals surface area contributed by atoms with Crippen LogP contribution >= 0.6 is 12.4 Å². The van der Waals surface area contributed by atoms with Gasteiger partial charge in [-0.2, -0.15) is 0 Å². The van der Waals surface area contributed by atoms with Gasteiger partial charge in [0.15, 0.2) is 0 Å². The molecule has 13 heavy (non-hydrogen) atoms. The SMILES string of the molecule is Cl.NCC(CO)Oc1ccccc1. The number of hydrogen-bond donors (Lipinski definition) is 2. The third kappa shape index (κ3) is 4.12. The van der Waals surface area contributed by atoms with Gasteiger partial charge in [0.2, 0.25) is 0 Å². The van der Waals surface area contributed by atoms with E-state index in [1.54, 1.807) is 0 Å². The van der Waals surface area contributed by atoms with Crippen LogP contribution in [0.1, 0.15) is 0 Å². The van der Waals surface area contributed by atoms with E-state index in [-0.39, 0.29) is 25.1 Å². The Morgan fingerprint density at radius 3 is 2.38 bits per heavy atom. The second kappa shape index (κ2) is 6.71. The Bertz CT molecular complexity index is 214. The Balaban J connectivity index is 0.00000144. The van der Waals surface area contributed by atoms with Crippen LogP contribution in [0.15, 0.2) is 30.3 Å². The molecule has 0 saturated heterocycles. The summed E-state index contributed by atoms with van der Waals surface area (Å²) < 4.78 is 5.34. The molecule has 74 valence electrons. The molecule has 4 heteroatoms. The largest absolute Gasteiger partial charge is 0.487 e. The van der Waals surface area contributed by atoms with Gasteiger partial charge in [-0.3, -0.25) is 0 Å². The first-order valence-electron chi connectivity index (χ1n) is 3.89. The highest BCUT2D eigenvalue weighted by atomic mass is 35.5. The van der Waals surface area contributed by atoms with Gasteiger partial charge < -0.3 is 15.6 Å². The molecule has 1 rings (SSSR count). The molecule has 0 fully saturated rings. The van der Waals surface area contributed by atoms with Crippen LogP contribution in [0, 0.1) is 0 Å². The van der Waals surface area contributed by atoms with Crippen LogP contribution in [0.2, 0.25) is 0 Å². The van der Waals surface area contributed by atoms with Gasteiger partial charge in [0.25, 0.3) is 0 Å². The molecule has 3 nitrogen and oxygen atoms in total. The maximum atomic E-state index is 8.78. The van der Waals surface area contributed by atoms with E-state index in [4.69, 9.17) is 15.6 Å². The molecule has 0 spiro atoms. The highest BCUT2D eigenvalue weighted by Crippen LogP contribution is 2.09. The maximum Gasteiger partial charge on any atom is 0.134 e. The van der Waals surface area contributed by atoms with Crippen LogP contribution in [0.3, 0.4) is 0 Å². The topological polar surface area (TPSA) is 55.5 Å². The van der Waals surface area contributed by atoms with Crippen molar-refractivity contribution in [3.8, 4) is 5.75 Å². The predicted octanol–water partition coefficient (Wildman–Crippen LogP) is 0.807. The van der Waals surface area contributed by atoms with Gasteiger partial charge in [0.05, 0.1) is 6.61 Å². The van der Waals surface area contributed by atoms with E-state index >= 15 is 0 Å². The van der Waals surface area contributed by atoms with Gasteiger partial charge in [-0.15, -0.1) is 12.4 Å². The summed E-state index contributed by atoms with van der Waals surface area (Å²) in [6, 6.07) is 9.32. The lowest BCUT2D eigenvalue weighted by Crippen LogP contribution is -2.30. The van der Waals surface area contributed by atoms with Gasteiger partial charge in [-0.25, -0.2) is 0 Å². The Morgan fingerprint density at radius 2 is 1.92 bits per heavy atom. The summed E-state index contributed by atoms with van der Waals surface area (Å²) >= 11 is 0. The Labute approximate surface area is 83.9 Å². The van der Waals surface area contributed by atoms with Gasteiger partial charge in [0.1, 0.15) is 11.9 Å². The van der Waals surface area contributed by atoms with Crippen molar-refractivity contribution in [1.29, 1.82) is 0 Å². The lowest BCUT2D eigenvalue weighted by molar-refractivity contribution is 0.122. The zero-order chi connectivity index (χ0) is 8.81. The van der Waals surface area contributed by atoms with E-state index in [1.165, 1.54) is 0 Å². The summed E-state index contributed by atoms with van der Waals surface area (Å²) in [7, 11) is 0. The summed E-state index contributed by atoms with van der Waals surface area (Å²) in [5, 5.41) is 8.78. The van der Waals surface area contributed by atoms with E-state index in [0.29, 0.717) is 6.54 Å². The zero-order valence-corrected chi connectivity index (χ0v) is 8.04. The van der Waals surface area contributed by atoms with Crippen LogP contribution in [0.5, 0.6) is 5.75 Å². The number of para-hydroxylation sites is 1. The molecule has 0 bridgehead atoms. The molecule has 0 amide bonds. The first kappa shape index (κ1) is 12.2. The molecule has 1 aromatic carbocycles. The van der Waals surface area contributed by atoms with Crippen molar-refractivity contribution >= 4 is 12.4 Å². The number of aliphatic hydroxyl groups is 1. The number of benzene rings is 1. The van der Waals surface area contributed by atoms with Gasteiger partial charge >= 0.3 is 0 Å². The van der Waals surface area contributed by atoms with Crippen molar-refractivity contribution in [1.82, 2.24) is 0 Å². The van der Waals surface area contributed by atoms with Crippen molar-refractivity contribution in [3.63, 3.8) is 0 Å². The molecule has 1 atom stereocenters. The van der Waals surface area contributed by atoms with E-state index < -0.39 is 0 Å². The number of nitrogens with two attached hydrogens (primary N) is 1. The number of ether oxygens (including phenoxy) is 1. The van der Waals surface area contributed by atoms with Gasteiger partial charge in [-0.1, -0.05) is 18.2 Å². The third-order valence-corrected chi connectivity index (χ3v) is 1.51. The lowest BCUT2D eigenvalue weighted by Gasteiger charge is -2.14. The molecule has 0 aliphatic rings. The van der Waals surface area contributed by atoms with Crippen molar-refractivity contribution < 1.29 is 9.84 Å². The van der Waals surface area contributed by atoms with Crippen LogP contribution in [-0.2, 0) is 0 Å². The predicted molar refractivity (Wildman–Crippen MR) is 54.2 cm³/mol. The number of rotatable bonds is 4. The second-order valence-electron chi connectivity index (χ2n) is 2.47. The zero-order valence-electron chi connectivity index (χ0n) is 7.22. The van der Waals surface area contributed by atoms with E-state index in [0.717, 1.165) is 5.75 Å². The Kier molecular flexibility index (Phi) is 6.32. The maximum absolute atomic E-state index is 8.78. The van der Waals surface area contributed by atoms with E-state index in [2.05, 4.69) is 0 Å². The molecular formula is C9H14ClNO2. The first-order valence-corrected chi connectivity index (χ1v) is 3.89. The monoisotopic (exact) mass is 203 g/mol. The van der Waals surface area contributed by atoms with Crippen molar-refractivity contribution in [2.45, 2.75) is 6.10 Å². The van der Waals surface area contributed by atoms with E-state index in [1.807, 2.05) is 30.3 Å². The molecule has 0 aliphatic carbocycles. The smallest absolute Gasteiger partial charge is 0.134 e. The van der Waals surface area contributed by atoms with Crippen molar-refractivity contribution in [2.24, 2.45) is 5.73 Å². The van der Waals surface area contributed by atoms with Crippen molar-refractivity contribution in [3.05, 3.63) is 30.3 Å². The summed E-state index contributed by atoms with van der Waals surface area (Å²) in [4.78, 5) is 0. The molecule has 0 aliphatic heterocycles. The molecule has 3 N–H and O–H groups in total. The lowest BCUT2D eigenvalue weighted by atomic mass is 10.3. The van der Waals surface area contributed by atoms with Gasteiger partial charge in [-0.05, 0) is 12.1 Å². The Hall–Kier alpha value is -0.770. The summed E-state index contributed by atoms with van der Waals surface area (Å²) in [5.74, 6) is 0.738. The summed E-state index contributed by atoms with van der Waals surface area (Å²) in [5.41, 5.74) is 5.35. The molecule has 1 unspecified atom stereocenters. The van der Waals surface area contributed by atoms with Crippen LogP contribution in [0.25, 0.3) is 0 Å². The summed E-state index contributed by atoms with van der Waals surface area (Å²) in [6.45, 7) is 0.275.